The highest BCUT2D eigenvalue weighted by atomic mass is 79.9. The molecule has 2 aliphatic rings. The first-order valence-corrected chi connectivity index (χ1v) is 8.54. The van der Waals surface area contributed by atoms with Crippen LogP contribution >= 0.6 is 15.9 Å². The normalized spacial score (nSPS) is 32.6. The van der Waals surface area contributed by atoms with E-state index in [4.69, 9.17) is 5.48 Å². The standard InChI is InChI=1S/C19H21BrN2/c1-18-9-3-4-10-19(18,2)22(15-7-5-6-14(20)12-15)17-8-11-21-13-16(17)18/h5-8,11-13H,3-4,9-10H2,1-2H3/i5D,6D,7D,12D. The predicted octanol–water partition coefficient (Wildman–Crippen LogP) is 5.59. The Morgan fingerprint density at radius 1 is 1.27 bits per heavy atom. The Balaban J connectivity index is 2.07. The number of aromatic nitrogens is 1. The van der Waals surface area contributed by atoms with Gasteiger partial charge in [0.05, 0.1) is 11.0 Å². The van der Waals surface area contributed by atoms with Gasteiger partial charge in [0.2, 0.25) is 0 Å². The minimum Gasteiger partial charge on any atom is -0.334 e. The number of nitrogens with zero attached hydrogens (tertiary/aromatic N) is 2. The molecule has 1 aliphatic carbocycles. The maximum atomic E-state index is 8.61. The number of pyridine rings is 1. The molecule has 22 heavy (non-hydrogen) atoms. The Morgan fingerprint density at radius 2 is 2.09 bits per heavy atom. The zero-order valence-corrected chi connectivity index (χ0v) is 14.4. The van der Waals surface area contributed by atoms with Gasteiger partial charge in [0.25, 0.3) is 0 Å². The zero-order valence-electron chi connectivity index (χ0n) is 16.8. The summed E-state index contributed by atoms with van der Waals surface area (Å²) >= 11 is 3.30. The third-order valence-corrected chi connectivity index (χ3v) is 6.11. The molecule has 1 saturated carbocycles. The summed E-state index contributed by atoms with van der Waals surface area (Å²) in [5, 5.41) is 0. The second-order valence-corrected chi connectivity index (χ2v) is 7.50. The minimum atomic E-state index is -0.294. The Hall–Kier alpha value is -1.35. The van der Waals surface area contributed by atoms with Crippen LogP contribution in [-0.2, 0) is 5.41 Å². The number of anilines is 2. The molecule has 0 amide bonds. The van der Waals surface area contributed by atoms with E-state index < -0.39 is 0 Å². The average Bonchev–Trinajstić information content (AvgIpc) is 2.84. The Kier molecular flexibility index (Phi) is 2.29. The van der Waals surface area contributed by atoms with E-state index in [0.29, 0.717) is 5.69 Å². The van der Waals surface area contributed by atoms with Gasteiger partial charge in [0.15, 0.2) is 0 Å². The van der Waals surface area contributed by atoms with Crippen LogP contribution in [-0.4, -0.2) is 10.5 Å². The zero-order chi connectivity index (χ0) is 18.9. The first kappa shape index (κ1) is 10.4. The Morgan fingerprint density at radius 3 is 2.95 bits per heavy atom. The minimum absolute atomic E-state index is 0.0537. The first-order valence-electron chi connectivity index (χ1n) is 9.74. The molecule has 0 radical (unpaired) electrons. The number of hydrogen-bond donors (Lipinski definition) is 0. The number of benzene rings is 1. The van der Waals surface area contributed by atoms with Crippen molar-refractivity contribution in [2.75, 3.05) is 4.90 Å². The van der Waals surface area contributed by atoms with Crippen molar-refractivity contribution in [3.8, 4) is 0 Å². The van der Waals surface area contributed by atoms with Gasteiger partial charge in [-0.25, -0.2) is 0 Å². The molecule has 0 spiro atoms. The summed E-state index contributed by atoms with van der Waals surface area (Å²) in [6, 6.07) is 1.76. The molecule has 114 valence electrons. The molecule has 2 unspecified atom stereocenters. The summed E-state index contributed by atoms with van der Waals surface area (Å²) < 4.78 is 33.6. The van der Waals surface area contributed by atoms with Gasteiger partial charge in [-0.05, 0) is 44.0 Å². The molecule has 1 aliphatic heterocycles. The van der Waals surface area contributed by atoms with Crippen molar-refractivity contribution in [2.24, 2.45) is 0 Å². The second kappa shape index (κ2) is 4.82. The van der Waals surface area contributed by atoms with Crippen LogP contribution in [0.2, 0.25) is 0 Å². The van der Waals surface area contributed by atoms with Crippen molar-refractivity contribution in [3.63, 3.8) is 0 Å². The summed E-state index contributed by atoms with van der Waals surface area (Å²) in [5.74, 6) is 0. The number of hydrogen-bond acceptors (Lipinski definition) is 2. The van der Waals surface area contributed by atoms with Gasteiger partial charge < -0.3 is 4.90 Å². The lowest BCUT2D eigenvalue weighted by atomic mass is 9.62. The summed E-state index contributed by atoms with van der Waals surface area (Å²) in [7, 11) is 0. The molecule has 1 fully saturated rings. The van der Waals surface area contributed by atoms with Crippen LogP contribution < -0.4 is 4.90 Å². The molecule has 1 aromatic carbocycles. The van der Waals surface area contributed by atoms with Crippen molar-refractivity contribution >= 4 is 27.3 Å². The number of halogens is 1. The highest BCUT2D eigenvalue weighted by molar-refractivity contribution is 9.10. The molecular formula is C19H21BrN2. The predicted molar refractivity (Wildman–Crippen MR) is 94.7 cm³/mol. The quantitative estimate of drug-likeness (QED) is 0.659. The highest BCUT2D eigenvalue weighted by Crippen LogP contribution is 2.60. The molecule has 1 aromatic heterocycles. The van der Waals surface area contributed by atoms with Gasteiger partial charge in [-0.3, -0.25) is 4.98 Å². The van der Waals surface area contributed by atoms with Crippen molar-refractivity contribution in [3.05, 3.63) is 52.7 Å². The van der Waals surface area contributed by atoms with E-state index in [1.165, 1.54) is 0 Å². The SMILES string of the molecule is [2H]c1c([2H])c(Br)c([2H])c(N2c3ccncc3C3(C)CCCCC23C)c1[2H]. The molecule has 2 heterocycles. The van der Waals surface area contributed by atoms with Gasteiger partial charge in [0.1, 0.15) is 0 Å². The Bertz CT molecular complexity index is 890. The lowest BCUT2D eigenvalue weighted by Gasteiger charge is -2.50. The van der Waals surface area contributed by atoms with E-state index in [0.717, 1.165) is 36.9 Å². The van der Waals surface area contributed by atoms with E-state index in [9.17, 15) is 0 Å². The molecule has 0 bridgehead atoms. The van der Waals surface area contributed by atoms with Gasteiger partial charge in [-0.2, -0.15) is 0 Å². The first-order chi connectivity index (χ1) is 12.2. The van der Waals surface area contributed by atoms with Gasteiger partial charge >= 0.3 is 0 Å². The van der Waals surface area contributed by atoms with Crippen LogP contribution in [0.15, 0.2) is 47.1 Å². The summed E-state index contributed by atoms with van der Waals surface area (Å²) in [6.07, 6.45) is 7.89. The molecule has 3 heteroatoms. The molecule has 2 aromatic rings. The topological polar surface area (TPSA) is 16.1 Å². The molecule has 2 atom stereocenters. The lowest BCUT2D eigenvalue weighted by molar-refractivity contribution is 0.194. The van der Waals surface area contributed by atoms with Crippen LogP contribution in [0.25, 0.3) is 0 Å². The van der Waals surface area contributed by atoms with Crippen LogP contribution in [0.1, 0.15) is 50.6 Å². The Labute approximate surface area is 146 Å². The monoisotopic (exact) mass is 360 g/mol. The third kappa shape index (κ3) is 1.75. The number of rotatable bonds is 1. The third-order valence-electron chi connectivity index (χ3n) is 5.71. The second-order valence-electron chi connectivity index (χ2n) is 6.70. The largest absolute Gasteiger partial charge is 0.334 e. The summed E-state index contributed by atoms with van der Waals surface area (Å²) in [5.41, 5.74) is 2.12. The van der Waals surface area contributed by atoms with Crippen molar-refractivity contribution in [1.29, 1.82) is 0 Å². The average molecular weight is 361 g/mol. The fourth-order valence-corrected chi connectivity index (χ4v) is 4.63. The molecule has 4 rings (SSSR count). The van der Waals surface area contributed by atoms with E-state index in [1.54, 1.807) is 6.20 Å². The van der Waals surface area contributed by atoms with Gasteiger partial charge in [-0.15, -0.1) is 0 Å². The lowest BCUT2D eigenvalue weighted by Crippen LogP contribution is -2.54. The van der Waals surface area contributed by atoms with E-state index in [2.05, 4.69) is 39.7 Å². The van der Waals surface area contributed by atoms with Crippen LogP contribution in [0.4, 0.5) is 11.4 Å². The molecule has 0 saturated heterocycles. The molecule has 0 N–H and O–H groups in total. The van der Waals surface area contributed by atoms with E-state index in [-0.39, 0.29) is 39.6 Å². The fourth-order valence-electron chi connectivity index (χ4n) is 4.34. The number of fused-ring (bicyclic) bond motifs is 3. The van der Waals surface area contributed by atoms with Crippen molar-refractivity contribution in [1.82, 2.24) is 4.98 Å². The fraction of sp³-hybridized carbons (Fsp3) is 0.421. The maximum Gasteiger partial charge on any atom is 0.0657 e. The summed E-state index contributed by atoms with van der Waals surface area (Å²) in [4.78, 5) is 6.44. The van der Waals surface area contributed by atoms with E-state index in [1.807, 2.05) is 12.3 Å². The molecular weight excluding hydrogens is 336 g/mol. The van der Waals surface area contributed by atoms with Gasteiger partial charge in [-0.1, -0.05) is 41.7 Å². The van der Waals surface area contributed by atoms with Crippen molar-refractivity contribution in [2.45, 2.75) is 50.5 Å². The summed E-state index contributed by atoms with van der Waals surface area (Å²) in [6.45, 7) is 4.46. The van der Waals surface area contributed by atoms with E-state index >= 15 is 0 Å². The van der Waals surface area contributed by atoms with Crippen LogP contribution in [0, 0.1) is 0 Å². The molecule has 2 nitrogen and oxygen atoms in total. The van der Waals surface area contributed by atoms with Crippen LogP contribution in [0.5, 0.6) is 0 Å². The highest BCUT2D eigenvalue weighted by Gasteiger charge is 2.57. The van der Waals surface area contributed by atoms with Gasteiger partial charge in [0, 0.05) is 39.2 Å². The van der Waals surface area contributed by atoms with Crippen LogP contribution in [0.3, 0.4) is 0 Å². The van der Waals surface area contributed by atoms with Crippen molar-refractivity contribution < 1.29 is 5.48 Å². The maximum absolute atomic E-state index is 8.61. The smallest absolute Gasteiger partial charge is 0.0657 e.